The number of nitrogen functional groups attached to an aromatic ring is 1. The standard InChI is InChI=1S/C8H12N4O2/c1-14-8(13)12-3-2-6-5(4-12)7(9)11-10-6/h2-4H2,1H3,(H3,9,10,11). The molecule has 0 atom stereocenters. The summed E-state index contributed by atoms with van der Waals surface area (Å²) in [4.78, 5) is 12.8. The Morgan fingerprint density at radius 3 is 3.21 bits per heavy atom. The zero-order valence-electron chi connectivity index (χ0n) is 7.91. The molecule has 0 radical (unpaired) electrons. The van der Waals surface area contributed by atoms with Gasteiger partial charge in [0.05, 0.1) is 13.7 Å². The van der Waals surface area contributed by atoms with Crippen molar-refractivity contribution in [2.75, 3.05) is 19.4 Å². The number of methoxy groups -OCH3 is 1. The van der Waals surface area contributed by atoms with Crippen molar-refractivity contribution in [3.8, 4) is 0 Å². The van der Waals surface area contributed by atoms with Crippen molar-refractivity contribution in [1.29, 1.82) is 0 Å². The van der Waals surface area contributed by atoms with Crippen LogP contribution in [0.1, 0.15) is 11.3 Å². The summed E-state index contributed by atoms with van der Waals surface area (Å²) in [6, 6.07) is 0. The van der Waals surface area contributed by atoms with Gasteiger partial charge in [0, 0.05) is 24.2 Å². The second-order valence-corrected chi connectivity index (χ2v) is 3.21. The van der Waals surface area contributed by atoms with E-state index in [-0.39, 0.29) is 6.09 Å². The fraction of sp³-hybridized carbons (Fsp3) is 0.500. The Labute approximate surface area is 81.0 Å². The van der Waals surface area contributed by atoms with Crippen molar-refractivity contribution in [1.82, 2.24) is 15.1 Å². The summed E-state index contributed by atoms with van der Waals surface area (Å²) in [5.74, 6) is 0.466. The molecule has 0 saturated heterocycles. The fourth-order valence-corrected chi connectivity index (χ4v) is 1.60. The van der Waals surface area contributed by atoms with Crippen LogP contribution in [0.15, 0.2) is 0 Å². The van der Waals surface area contributed by atoms with E-state index in [0.717, 1.165) is 17.7 Å². The molecule has 1 aromatic heterocycles. The van der Waals surface area contributed by atoms with E-state index in [1.54, 1.807) is 4.90 Å². The lowest BCUT2D eigenvalue weighted by Crippen LogP contribution is -2.35. The first kappa shape index (κ1) is 8.86. The minimum atomic E-state index is -0.323. The number of amides is 1. The van der Waals surface area contributed by atoms with Gasteiger partial charge in [-0.05, 0) is 0 Å². The first-order chi connectivity index (χ1) is 6.72. The number of nitrogens with one attached hydrogen (secondary N) is 1. The molecule has 14 heavy (non-hydrogen) atoms. The molecule has 3 N–H and O–H groups in total. The quantitative estimate of drug-likeness (QED) is 0.617. The molecule has 0 fully saturated rings. The van der Waals surface area contributed by atoms with Crippen LogP contribution in [0, 0.1) is 0 Å². The third kappa shape index (κ3) is 1.28. The molecule has 2 rings (SSSR count). The summed E-state index contributed by atoms with van der Waals surface area (Å²) in [7, 11) is 1.37. The SMILES string of the molecule is COC(=O)N1CCc2[nH]nc(N)c2C1. The zero-order valence-corrected chi connectivity index (χ0v) is 7.91. The number of ether oxygens (including phenoxy) is 1. The summed E-state index contributed by atoms with van der Waals surface area (Å²) < 4.78 is 4.64. The van der Waals surface area contributed by atoms with Crippen LogP contribution in [0.4, 0.5) is 10.6 Å². The molecule has 6 heteroatoms. The summed E-state index contributed by atoms with van der Waals surface area (Å²) in [5.41, 5.74) is 7.56. The number of nitrogens with two attached hydrogens (primary N) is 1. The van der Waals surface area contributed by atoms with E-state index in [1.807, 2.05) is 0 Å². The highest BCUT2D eigenvalue weighted by Crippen LogP contribution is 2.21. The van der Waals surface area contributed by atoms with Crippen molar-refractivity contribution in [2.45, 2.75) is 13.0 Å². The number of aromatic nitrogens is 2. The Bertz CT molecular complexity index is 360. The molecular weight excluding hydrogens is 184 g/mol. The smallest absolute Gasteiger partial charge is 0.409 e. The van der Waals surface area contributed by atoms with Crippen molar-refractivity contribution >= 4 is 11.9 Å². The zero-order chi connectivity index (χ0) is 10.1. The maximum Gasteiger partial charge on any atom is 0.409 e. The van der Waals surface area contributed by atoms with Crippen LogP contribution in [-0.4, -0.2) is 34.8 Å². The predicted octanol–water partition coefficient (Wildman–Crippen LogP) is 0.116. The van der Waals surface area contributed by atoms with Gasteiger partial charge in [-0.1, -0.05) is 0 Å². The van der Waals surface area contributed by atoms with Crippen LogP contribution in [0.25, 0.3) is 0 Å². The van der Waals surface area contributed by atoms with E-state index in [9.17, 15) is 4.79 Å². The first-order valence-corrected chi connectivity index (χ1v) is 4.37. The van der Waals surface area contributed by atoms with Crippen molar-refractivity contribution < 1.29 is 9.53 Å². The number of anilines is 1. The molecule has 0 unspecified atom stereocenters. The van der Waals surface area contributed by atoms with Gasteiger partial charge in [-0.15, -0.1) is 0 Å². The van der Waals surface area contributed by atoms with Crippen LogP contribution in [0.3, 0.4) is 0 Å². The van der Waals surface area contributed by atoms with E-state index < -0.39 is 0 Å². The predicted molar refractivity (Wildman–Crippen MR) is 49.5 cm³/mol. The number of hydrogen-bond acceptors (Lipinski definition) is 4. The topological polar surface area (TPSA) is 84.2 Å². The highest BCUT2D eigenvalue weighted by molar-refractivity contribution is 5.68. The fourth-order valence-electron chi connectivity index (χ4n) is 1.60. The maximum atomic E-state index is 11.2. The van der Waals surface area contributed by atoms with E-state index in [1.165, 1.54) is 7.11 Å². The minimum absolute atomic E-state index is 0.323. The highest BCUT2D eigenvalue weighted by atomic mass is 16.5. The summed E-state index contributed by atoms with van der Waals surface area (Å²) in [6.45, 7) is 1.12. The van der Waals surface area contributed by atoms with Gasteiger partial charge in [0.15, 0.2) is 0 Å². The van der Waals surface area contributed by atoms with Crippen LogP contribution in [-0.2, 0) is 17.7 Å². The lowest BCUT2D eigenvalue weighted by molar-refractivity contribution is 0.118. The van der Waals surface area contributed by atoms with Crippen LogP contribution in [0.2, 0.25) is 0 Å². The Kier molecular flexibility index (Phi) is 2.03. The molecule has 6 nitrogen and oxygen atoms in total. The largest absolute Gasteiger partial charge is 0.453 e. The van der Waals surface area contributed by atoms with Gasteiger partial charge < -0.3 is 15.4 Å². The molecule has 1 aromatic rings. The lowest BCUT2D eigenvalue weighted by Gasteiger charge is -2.25. The number of carbonyl (C=O) groups is 1. The van der Waals surface area contributed by atoms with Crippen molar-refractivity contribution in [2.24, 2.45) is 0 Å². The number of aromatic amines is 1. The van der Waals surface area contributed by atoms with E-state index in [0.29, 0.717) is 18.9 Å². The summed E-state index contributed by atoms with van der Waals surface area (Å²) in [6.07, 6.45) is 0.422. The van der Waals surface area contributed by atoms with Gasteiger partial charge in [0.1, 0.15) is 5.82 Å². The number of H-pyrrole nitrogens is 1. The third-order valence-corrected chi connectivity index (χ3v) is 2.40. The lowest BCUT2D eigenvalue weighted by atomic mass is 10.1. The Balaban J connectivity index is 2.20. The van der Waals surface area contributed by atoms with Gasteiger partial charge in [-0.3, -0.25) is 5.10 Å². The van der Waals surface area contributed by atoms with Crippen molar-refractivity contribution in [3.05, 3.63) is 11.3 Å². The molecule has 0 saturated carbocycles. The van der Waals surface area contributed by atoms with Crippen LogP contribution < -0.4 is 5.73 Å². The maximum absolute atomic E-state index is 11.2. The highest BCUT2D eigenvalue weighted by Gasteiger charge is 2.24. The Morgan fingerprint density at radius 1 is 1.71 bits per heavy atom. The molecule has 1 aliphatic rings. The second-order valence-electron chi connectivity index (χ2n) is 3.21. The van der Waals surface area contributed by atoms with Gasteiger partial charge in [0.2, 0.25) is 0 Å². The average Bonchev–Trinajstić information content (AvgIpc) is 2.59. The number of nitrogens with zero attached hydrogens (tertiary/aromatic N) is 2. The number of fused-ring (bicyclic) bond motifs is 1. The molecular formula is C8H12N4O2. The molecule has 0 aromatic carbocycles. The van der Waals surface area contributed by atoms with Gasteiger partial charge in [-0.25, -0.2) is 4.79 Å². The number of carbonyl (C=O) groups excluding carboxylic acids is 1. The van der Waals surface area contributed by atoms with Crippen LogP contribution in [0.5, 0.6) is 0 Å². The monoisotopic (exact) mass is 196 g/mol. The molecule has 2 heterocycles. The van der Waals surface area contributed by atoms with Crippen LogP contribution >= 0.6 is 0 Å². The Hall–Kier alpha value is -1.72. The average molecular weight is 196 g/mol. The minimum Gasteiger partial charge on any atom is -0.453 e. The van der Waals surface area contributed by atoms with Gasteiger partial charge >= 0.3 is 6.09 Å². The van der Waals surface area contributed by atoms with Gasteiger partial charge in [-0.2, -0.15) is 5.10 Å². The summed E-state index contributed by atoms with van der Waals surface area (Å²) in [5, 5.41) is 6.74. The first-order valence-electron chi connectivity index (χ1n) is 4.37. The van der Waals surface area contributed by atoms with E-state index in [4.69, 9.17) is 5.73 Å². The summed E-state index contributed by atoms with van der Waals surface area (Å²) >= 11 is 0. The third-order valence-electron chi connectivity index (χ3n) is 2.40. The molecule has 1 amide bonds. The van der Waals surface area contributed by atoms with Gasteiger partial charge in [0.25, 0.3) is 0 Å². The Morgan fingerprint density at radius 2 is 2.50 bits per heavy atom. The normalized spacial score (nSPS) is 15.1. The molecule has 76 valence electrons. The van der Waals surface area contributed by atoms with E-state index >= 15 is 0 Å². The number of rotatable bonds is 0. The molecule has 0 aliphatic carbocycles. The second kappa shape index (κ2) is 3.21. The van der Waals surface area contributed by atoms with E-state index in [2.05, 4.69) is 14.9 Å². The molecule has 1 aliphatic heterocycles. The molecule has 0 spiro atoms. The molecule has 0 bridgehead atoms. The van der Waals surface area contributed by atoms with Crippen molar-refractivity contribution in [3.63, 3.8) is 0 Å². The number of hydrogen-bond donors (Lipinski definition) is 2.